The molecule has 0 aromatic heterocycles. The number of rotatable bonds is 3. The van der Waals surface area contributed by atoms with Crippen molar-refractivity contribution in [2.45, 2.75) is 6.42 Å². The van der Waals surface area contributed by atoms with Crippen LogP contribution in [0.2, 0.25) is 5.02 Å². The van der Waals surface area contributed by atoms with E-state index < -0.39 is 0 Å². The van der Waals surface area contributed by atoms with Crippen LogP contribution in [0.3, 0.4) is 0 Å². The summed E-state index contributed by atoms with van der Waals surface area (Å²) in [7, 11) is 0. The second-order valence-corrected chi connectivity index (χ2v) is 4.56. The third-order valence-electron chi connectivity index (χ3n) is 2.56. The van der Waals surface area contributed by atoms with E-state index in [1.807, 2.05) is 0 Å². The van der Waals surface area contributed by atoms with Crippen molar-refractivity contribution in [1.29, 1.82) is 0 Å². The molecule has 2 aromatic carbocycles. The van der Waals surface area contributed by atoms with Crippen LogP contribution in [0.25, 0.3) is 0 Å². The lowest BCUT2D eigenvalue weighted by atomic mass is 10.1. The van der Waals surface area contributed by atoms with Crippen molar-refractivity contribution in [1.82, 2.24) is 0 Å². The molecule has 1 amide bonds. The Hall–Kier alpha value is -2.20. The van der Waals surface area contributed by atoms with Crippen molar-refractivity contribution in [3.8, 4) is 5.75 Å². The topological polar surface area (TPSA) is 75.3 Å². The molecule has 5 heteroatoms. The van der Waals surface area contributed by atoms with Crippen LogP contribution in [0.4, 0.5) is 11.4 Å². The molecule has 0 aliphatic rings. The van der Waals surface area contributed by atoms with Crippen LogP contribution in [0, 0.1) is 0 Å². The van der Waals surface area contributed by atoms with Crippen LogP contribution >= 0.6 is 11.6 Å². The van der Waals surface area contributed by atoms with Gasteiger partial charge in [0.25, 0.3) is 0 Å². The van der Waals surface area contributed by atoms with Gasteiger partial charge in [-0.15, -0.1) is 0 Å². The Morgan fingerprint density at radius 1 is 1.26 bits per heavy atom. The van der Waals surface area contributed by atoms with E-state index in [-0.39, 0.29) is 18.1 Å². The molecule has 4 nitrogen and oxygen atoms in total. The normalized spacial score (nSPS) is 10.2. The van der Waals surface area contributed by atoms with Gasteiger partial charge in [-0.05, 0) is 35.9 Å². The number of halogens is 1. The first-order valence-electron chi connectivity index (χ1n) is 5.67. The van der Waals surface area contributed by atoms with E-state index in [1.165, 1.54) is 0 Å². The predicted octanol–water partition coefficient (Wildman–Crippen LogP) is 2.81. The van der Waals surface area contributed by atoms with Crippen LogP contribution in [0.15, 0.2) is 42.5 Å². The number of nitrogens with two attached hydrogens (primary N) is 1. The molecule has 0 aliphatic carbocycles. The standard InChI is InChI=1S/C14H13ClN2O2/c15-10-4-5-13(12(16)8-10)17-14(19)7-9-2-1-3-11(18)6-9/h1-6,8,18H,7,16H2,(H,17,19). The highest BCUT2D eigenvalue weighted by molar-refractivity contribution is 6.31. The zero-order chi connectivity index (χ0) is 13.8. The van der Waals surface area contributed by atoms with Crippen LogP contribution in [-0.2, 0) is 11.2 Å². The molecule has 0 radical (unpaired) electrons. The minimum absolute atomic E-state index is 0.135. The van der Waals surface area contributed by atoms with E-state index in [9.17, 15) is 9.90 Å². The summed E-state index contributed by atoms with van der Waals surface area (Å²) >= 11 is 5.78. The molecule has 0 heterocycles. The summed E-state index contributed by atoms with van der Waals surface area (Å²) < 4.78 is 0. The highest BCUT2D eigenvalue weighted by Crippen LogP contribution is 2.22. The first kappa shape index (κ1) is 13.2. The summed E-state index contributed by atoms with van der Waals surface area (Å²) in [5.74, 6) is -0.0732. The van der Waals surface area contributed by atoms with E-state index in [2.05, 4.69) is 5.32 Å². The molecule has 2 aromatic rings. The van der Waals surface area contributed by atoms with E-state index in [1.54, 1.807) is 42.5 Å². The number of carbonyl (C=O) groups is 1. The summed E-state index contributed by atoms with van der Waals surface area (Å²) in [5, 5.41) is 12.5. The third-order valence-corrected chi connectivity index (χ3v) is 2.80. The van der Waals surface area contributed by atoms with Gasteiger partial charge in [0.2, 0.25) is 5.91 Å². The molecule has 2 rings (SSSR count). The van der Waals surface area contributed by atoms with Gasteiger partial charge >= 0.3 is 0 Å². The van der Waals surface area contributed by atoms with Crippen molar-refractivity contribution in [2.75, 3.05) is 11.1 Å². The third kappa shape index (κ3) is 3.63. The number of phenolic OH excluding ortho intramolecular Hbond substituents is 1. The first-order valence-corrected chi connectivity index (χ1v) is 6.05. The Kier molecular flexibility index (Phi) is 3.92. The van der Waals surface area contributed by atoms with Crippen LogP contribution in [0.5, 0.6) is 5.75 Å². The average molecular weight is 277 g/mol. The fraction of sp³-hybridized carbons (Fsp3) is 0.0714. The van der Waals surface area contributed by atoms with Gasteiger partial charge in [0, 0.05) is 5.02 Å². The molecule has 98 valence electrons. The van der Waals surface area contributed by atoms with Crippen molar-refractivity contribution in [3.05, 3.63) is 53.1 Å². The maximum absolute atomic E-state index is 11.8. The number of amides is 1. The quantitative estimate of drug-likeness (QED) is 0.755. The summed E-state index contributed by atoms with van der Waals surface area (Å²) in [5.41, 5.74) is 7.41. The van der Waals surface area contributed by atoms with Gasteiger partial charge in [0.1, 0.15) is 5.75 Å². The lowest BCUT2D eigenvalue weighted by Crippen LogP contribution is -2.15. The summed E-state index contributed by atoms with van der Waals surface area (Å²) in [6.07, 6.45) is 0.163. The van der Waals surface area contributed by atoms with Crippen molar-refractivity contribution in [3.63, 3.8) is 0 Å². The smallest absolute Gasteiger partial charge is 0.228 e. The maximum atomic E-state index is 11.8. The summed E-state index contributed by atoms with van der Waals surface area (Å²) in [4.78, 5) is 11.8. The van der Waals surface area contributed by atoms with Crippen molar-refractivity contribution < 1.29 is 9.90 Å². The number of phenols is 1. The average Bonchev–Trinajstić information content (AvgIpc) is 2.33. The Bertz CT molecular complexity index is 614. The SMILES string of the molecule is Nc1cc(Cl)ccc1NC(=O)Cc1cccc(O)c1. The molecule has 4 N–H and O–H groups in total. The molecule has 0 spiro atoms. The molecular weight excluding hydrogens is 264 g/mol. The molecular formula is C14H13ClN2O2. The number of hydrogen-bond acceptors (Lipinski definition) is 3. The number of carbonyl (C=O) groups excluding carboxylic acids is 1. The largest absolute Gasteiger partial charge is 0.508 e. The molecule has 0 saturated heterocycles. The number of nitrogens with one attached hydrogen (secondary N) is 1. The molecule has 19 heavy (non-hydrogen) atoms. The van der Waals surface area contributed by atoms with Gasteiger partial charge in [-0.3, -0.25) is 4.79 Å². The number of benzene rings is 2. The van der Waals surface area contributed by atoms with Gasteiger partial charge in [-0.25, -0.2) is 0 Å². The van der Waals surface area contributed by atoms with Crippen molar-refractivity contribution in [2.24, 2.45) is 0 Å². The first-order chi connectivity index (χ1) is 9.04. The molecule has 0 fully saturated rings. The molecule has 0 atom stereocenters. The Labute approximate surface area is 115 Å². The van der Waals surface area contributed by atoms with Crippen LogP contribution in [-0.4, -0.2) is 11.0 Å². The maximum Gasteiger partial charge on any atom is 0.228 e. The van der Waals surface area contributed by atoms with E-state index in [0.717, 1.165) is 5.56 Å². The second kappa shape index (κ2) is 5.63. The van der Waals surface area contributed by atoms with Crippen LogP contribution in [0.1, 0.15) is 5.56 Å². The number of nitrogen functional groups attached to an aromatic ring is 1. The van der Waals surface area contributed by atoms with E-state index in [4.69, 9.17) is 17.3 Å². The fourth-order valence-corrected chi connectivity index (χ4v) is 1.87. The van der Waals surface area contributed by atoms with E-state index >= 15 is 0 Å². The van der Waals surface area contributed by atoms with Gasteiger partial charge in [-0.1, -0.05) is 23.7 Å². The van der Waals surface area contributed by atoms with Gasteiger partial charge in [0.15, 0.2) is 0 Å². The van der Waals surface area contributed by atoms with Gasteiger partial charge in [-0.2, -0.15) is 0 Å². The van der Waals surface area contributed by atoms with E-state index in [0.29, 0.717) is 16.4 Å². The van der Waals surface area contributed by atoms with Crippen molar-refractivity contribution >= 4 is 28.9 Å². The summed E-state index contributed by atoms with van der Waals surface area (Å²) in [6.45, 7) is 0. The minimum Gasteiger partial charge on any atom is -0.508 e. The Balaban J connectivity index is 2.05. The summed E-state index contributed by atoms with van der Waals surface area (Å²) in [6, 6.07) is 11.4. The molecule has 0 unspecified atom stereocenters. The Morgan fingerprint density at radius 3 is 2.74 bits per heavy atom. The molecule has 0 bridgehead atoms. The number of anilines is 2. The zero-order valence-corrected chi connectivity index (χ0v) is 10.8. The van der Waals surface area contributed by atoms with Gasteiger partial charge < -0.3 is 16.2 Å². The minimum atomic E-state index is -0.209. The molecule has 0 aliphatic heterocycles. The zero-order valence-electron chi connectivity index (χ0n) is 10.1. The van der Waals surface area contributed by atoms with Crippen LogP contribution < -0.4 is 11.1 Å². The molecule has 0 saturated carbocycles. The Morgan fingerprint density at radius 2 is 2.05 bits per heavy atom. The number of hydrogen-bond donors (Lipinski definition) is 3. The number of aromatic hydroxyl groups is 1. The van der Waals surface area contributed by atoms with Gasteiger partial charge in [0.05, 0.1) is 17.8 Å². The lowest BCUT2D eigenvalue weighted by Gasteiger charge is -2.08. The fourth-order valence-electron chi connectivity index (χ4n) is 1.69. The highest BCUT2D eigenvalue weighted by atomic mass is 35.5. The lowest BCUT2D eigenvalue weighted by molar-refractivity contribution is -0.115. The monoisotopic (exact) mass is 276 g/mol. The highest BCUT2D eigenvalue weighted by Gasteiger charge is 2.07. The second-order valence-electron chi connectivity index (χ2n) is 4.13. The predicted molar refractivity (Wildman–Crippen MR) is 76.3 cm³/mol.